The fraction of sp³-hybridized carbons (Fsp3) is 0.583. The van der Waals surface area contributed by atoms with Crippen molar-refractivity contribution in [2.45, 2.75) is 71.0 Å². The van der Waals surface area contributed by atoms with E-state index in [9.17, 15) is 14.4 Å². The Kier molecular flexibility index (Phi) is 7.07. The normalized spacial score (nSPS) is 19.7. The zero-order valence-electron chi connectivity index (χ0n) is 18.8. The highest BCUT2D eigenvalue weighted by Crippen LogP contribution is 2.20. The zero-order chi connectivity index (χ0) is 22.5. The van der Waals surface area contributed by atoms with Crippen LogP contribution in [0.25, 0.3) is 0 Å². The van der Waals surface area contributed by atoms with Gasteiger partial charge in [0, 0.05) is 44.3 Å². The molecule has 1 saturated heterocycles. The zero-order valence-corrected chi connectivity index (χ0v) is 18.8. The molecule has 172 valence electrons. The van der Waals surface area contributed by atoms with E-state index in [1.807, 2.05) is 18.0 Å². The maximum Gasteiger partial charge on any atom is 0.263 e. The number of rotatable bonds is 6. The molecule has 0 radical (unpaired) electrons. The van der Waals surface area contributed by atoms with Crippen LogP contribution in [-0.2, 0) is 17.9 Å². The van der Waals surface area contributed by atoms with Crippen LogP contribution in [0.2, 0.25) is 0 Å². The molecule has 3 heterocycles. The average Bonchev–Trinajstić information content (AvgIpc) is 3.20. The lowest BCUT2D eigenvalue weighted by Crippen LogP contribution is -2.44. The van der Waals surface area contributed by atoms with Crippen molar-refractivity contribution >= 4 is 11.8 Å². The van der Waals surface area contributed by atoms with Gasteiger partial charge in [0.25, 0.3) is 11.5 Å². The molecule has 2 aromatic rings. The largest absolute Gasteiger partial charge is 0.349 e. The van der Waals surface area contributed by atoms with Crippen LogP contribution in [0.5, 0.6) is 0 Å². The number of amides is 2. The summed E-state index contributed by atoms with van der Waals surface area (Å²) in [6.07, 6.45) is 12.7. The molecule has 2 aliphatic rings. The van der Waals surface area contributed by atoms with Crippen LogP contribution in [0.4, 0.5) is 0 Å². The quantitative estimate of drug-likeness (QED) is 0.748. The van der Waals surface area contributed by atoms with Crippen molar-refractivity contribution in [1.29, 1.82) is 0 Å². The van der Waals surface area contributed by atoms with Crippen molar-refractivity contribution in [2.24, 2.45) is 5.92 Å². The molecule has 8 heteroatoms. The van der Waals surface area contributed by atoms with E-state index in [1.165, 1.54) is 11.0 Å². The van der Waals surface area contributed by atoms with Gasteiger partial charge in [0.15, 0.2) is 0 Å². The Morgan fingerprint density at radius 3 is 2.66 bits per heavy atom. The van der Waals surface area contributed by atoms with Gasteiger partial charge in [-0.3, -0.25) is 14.4 Å². The van der Waals surface area contributed by atoms with Crippen molar-refractivity contribution in [3.8, 4) is 0 Å². The topological polar surface area (TPSA) is 89.2 Å². The van der Waals surface area contributed by atoms with Gasteiger partial charge in [-0.2, -0.15) is 0 Å². The lowest BCUT2D eigenvalue weighted by atomic mass is 9.95. The molecule has 1 unspecified atom stereocenters. The molecule has 1 saturated carbocycles. The number of nitrogens with one attached hydrogen (secondary N) is 1. The second-order valence-corrected chi connectivity index (χ2v) is 9.14. The molecule has 2 amide bonds. The Hall–Kier alpha value is -2.90. The first-order chi connectivity index (χ1) is 15.5. The Morgan fingerprint density at radius 2 is 1.91 bits per heavy atom. The van der Waals surface area contributed by atoms with Crippen molar-refractivity contribution in [3.05, 3.63) is 52.5 Å². The first kappa shape index (κ1) is 22.3. The molecule has 1 atom stereocenters. The second kappa shape index (κ2) is 10.1. The SMILES string of the molecule is Cc1nccn1CC1CCCN(C(=O)Cn2cccc(C(=O)NC3CCCCC3)c2=O)C1. The minimum absolute atomic E-state index is 0.0415. The first-order valence-electron chi connectivity index (χ1n) is 11.8. The fourth-order valence-corrected chi connectivity index (χ4v) is 4.91. The Bertz CT molecular complexity index is 1010. The Morgan fingerprint density at radius 1 is 1.09 bits per heavy atom. The molecule has 8 nitrogen and oxygen atoms in total. The number of aryl methyl sites for hydroxylation is 1. The number of hydrogen-bond acceptors (Lipinski definition) is 4. The third-order valence-corrected chi connectivity index (χ3v) is 6.76. The van der Waals surface area contributed by atoms with Crippen LogP contribution in [0.1, 0.15) is 61.1 Å². The average molecular weight is 440 g/mol. The molecule has 4 rings (SSSR count). The Labute approximate surface area is 188 Å². The minimum Gasteiger partial charge on any atom is -0.349 e. The predicted molar refractivity (Wildman–Crippen MR) is 121 cm³/mol. The highest BCUT2D eigenvalue weighted by atomic mass is 16.2. The second-order valence-electron chi connectivity index (χ2n) is 9.14. The third-order valence-electron chi connectivity index (χ3n) is 6.76. The first-order valence-corrected chi connectivity index (χ1v) is 11.8. The van der Waals surface area contributed by atoms with Gasteiger partial charge in [-0.05, 0) is 50.7 Å². The summed E-state index contributed by atoms with van der Waals surface area (Å²) in [4.78, 5) is 44.7. The maximum absolute atomic E-state index is 13.0. The van der Waals surface area contributed by atoms with Gasteiger partial charge in [0.05, 0.1) is 0 Å². The number of hydrogen-bond donors (Lipinski definition) is 1. The molecular formula is C24H33N5O3. The van der Waals surface area contributed by atoms with Gasteiger partial charge in [-0.15, -0.1) is 0 Å². The van der Waals surface area contributed by atoms with Crippen molar-refractivity contribution in [3.63, 3.8) is 0 Å². The molecule has 32 heavy (non-hydrogen) atoms. The van der Waals surface area contributed by atoms with Gasteiger partial charge in [0.1, 0.15) is 17.9 Å². The molecule has 1 aliphatic heterocycles. The minimum atomic E-state index is -0.406. The molecule has 0 spiro atoms. The highest BCUT2D eigenvalue weighted by molar-refractivity contribution is 5.94. The van der Waals surface area contributed by atoms with E-state index in [2.05, 4.69) is 14.9 Å². The molecule has 1 N–H and O–H groups in total. The highest BCUT2D eigenvalue weighted by Gasteiger charge is 2.25. The van der Waals surface area contributed by atoms with Gasteiger partial charge < -0.3 is 19.4 Å². The molecule has 0 aromatic carbocycles. The number of carbonyl (C=O) groups is 2. The number of piperidine rings is 1. The summed E-state index contributed by atoms with van der Waals surface area (Å²) in [6, 6.07) is 3.35. The number of likely N-dealkylation sites (tertiary alicyclic amines) is 1. The van der Waals surface area contributed by atoms with Crippen LogP contribution in [-0.4, -0.2) is 50.0 Å². The van der Waals surface area contributed by atoms with Gasteiger partial charge in [-0.25, -0.2) is 4.98 Å². The van der Waals surface area contributed by atoms with E-state index in [-0.39, 0.29) is 30.0 Å². The summed E-state index contributed by atoms with van der Waals surface area (Å²) < 4.78 is 3.49. The van der Waals surface area contributed by atoms with E-state index in [1.54, 1.807) is 24.5 Å². The van der Waals surface area contributed by atoms with E-state index >= 15 is 0 Å². The number of carbonyl (C=O) groups excluding carboxylic acids is 2. The van der Waals surface area contributed by atoms with Crippen LogP contribution < -0.4 is 10.9 Å². The Balaban J connectivity index is 1.38. The molecule has 1 aliphatic carbocycles. The summed E-state index contributed by atoms with van der Waals surface area (Å²) in [5.41, 5.74) is -0.297. The number of imidazole rings is 1. The molecule has 2 fully saturated rings. The maximum atomic E-state index is 13.0. The van der Waals surface area contributed by atoms with Gasteiger partial charge >= 0.3 is 0 Å². The third kappa shape index (κ3) is 5.29. The van der Waals surface area contributed by atoms with E-state index in [4.69, 9.17) is 0 Å². The summed E-state index contributed by atoms with van der Waals surface area (Å²) in [5, 5.41) is 3.00. The van der Waals surface area contributed by atoms with Crippen LogP contribution in [0, 0.1) is 12.8 Å². The van der Waals surface area contributed by atoms with E-state index < -0.39 is 5.56 Å². The van der Waals surface area contributed by atoms with Crippen LogP contribution >= 0.6 is 0 Å². The summed E-state index contributed by atoms with van der Waals surface area (Å²) in [5.74, 6) is 0.926. The smallest absolute Gasteiger partial charge is 0.263 e. The van der Waals surface area contributed by atoms with Crippen LogP contribution in [0.3, 0.4) is 0 Å². The predicted octanol–water partition coefficient (Wildman–Crippen LogP) is 2.35. The molecule has 2 aromatic heterocycles. The van der Waals surface area contributed by atoms with Crippen LogP contribution in [0.15, 0.2) is 35.5 Å². The monoisotopic (exact) mass is 439 g/mol. The van der Waals surface area contributed by atoms with Gasteiger partial charge in [0.2, 0.25) is 5.91 Å². The van der Waals surface area contributed by atoms with E-state index in [0.717, 1.165) is 50.9 Å². The number of pyridine rings is 1. The lowest BCUT2D eigenvalue weighted by Gasteiger charge is -2.33. The summed E-state index contributed by atoms with van der Waals surface area (Å²) >= 11 is 0. The fourth-order valence-electron chi connectivity index (χ4n) is 4.91. The molecule has 0 bridgehead atoms. The number of nitrogens with zero attached hydrogens (tertiary/aromatic N) is 4. The standard InChI is InChI=1S/C24H33N5O3/c1-18-25-11-14-27(18)15-19-7-5-12-28(16-19)22(30)17-29-13-6-10-21(24(29)32)23(31)26-20-8-3-2-4-9-20/h6,10-11,13-14,19-20H,2-5,7-9,12,15-17H2,1H3,(H,26,31). The van der Waals surface area contributed by atoms with Gasteiger partial charge in [-0.1, -0.05) is 19.3 Å². The summed E-state index contributed by atoms with van der Waals surface area (Å²) in [6.45, 7) is 4.16. The van der Waals surface area contributed by atoms with Crippen molar-refractivity contribution < 1.29 is 9.59 Å². The van der Waals surface area contributed by atoms with Crippen molar-refractivity contribution in [1.82, 2.24) is 24.3 Å². The summed E-state index contributed by atoms with van der Waals surface area (Å²) in [7, 11) is 0. The van der Waals surface area contributed by atoms with Crippen molar-refractivity contribution in [2.75, 3.05) is 13.1 Å². The number of aromatic nitrogens is 3. The van der Waals surface area contributed by atoms with E-state index in [0.29, 0.717) is 19.0 Å². The molecular weight excluding hydrogens is 406 g/mol. The lowest BCUT2D eigenvalue weighted by molar-refractivity contribution is -0.133.